The molecule has 0 amide bonds. The lowest BCUT2D eigenvalue weighted by Crippen LogP contribution is -2.04. The topological polar surface area (TPSA) is 27.7 Å². The molecule has 0 heterocycles. The molecule has 0 saturated carbocycles. The Balaban J connectivity index is 1.70. The minimum absolute atomic E-state index is 0.662. The van der Waals surface area contributed by atoms with Gasteiger partial charge in [-0.05, 0) is 62.9 Å². The number of hydrogen-bond donors (Lipinski definition) is 0. The highest BCUT2D eigenvalue weighted by Gasteiger charge is 2.04. The van der Waals surface area contributed by atoms with Gasteiger partial charge in [-0.3, -0.25) is 0 Å². The largest absolute Gasteiger partial charge is 0.493 e. The average molecular weight is 314 g/mol. The summed E-state index contributed by atoms with van der Waals surface area (Å²) in [6.07, 6.45) is 1.91. The third kappa shape index (κ3) is 5.20. The van der Waals surface area contributed by atoms with Crippen molar-refractivity contribution in [2.45, 2.75) is 33.6 Å². The van der Waals surface area contributed by atoms with Crippen molar-refractivity contribution >= 4 is 0 Å². The number of rotatable bonds is 8. The Morgan fingerprint density at radius 2 is 1.26 bits per heavy atom. The average Bonchev–Trinajstić information content (AvgIpc) is 2.53. The minimum Gasteiger partial charge on any atom is -0.493 e. The molecule has 0 atom stereocenters. The predicted molar refractivity (Wildman–Crippen MR) is 93.9 cm³/mol. The summed E-state index contributed by atoms with van der Waals surface area (Å²) < 4.78 is 17.0. The zero-order chi connectivity index (χ0) is 16.7. The second kappa shape index (κ2) is 8.47. The highest BCUT2D eigenvalue weighted by molar-refractivity contribution is 5.42. The lowest BCUT2D eigenvalue weighted by atomic mass is 10.1. The normalized spacial score (nSPS) is 10.4. The van der Waals surface area contributed by atoms with Crippen LogP contribution in [0.1, 0.15) is 29.5 Å². The van der Waals surface area contributed by atoms with Crippen molar-refractivity contribution in [3.8, 4) is 17.2 Å². The van der Waals surface area contributed by atoms with Gasteiger partial charge < -0.3 is 14.2 Å². The van der Waals surface area contributed by atoms with E-state index in [0.717, 1.165) is 35.7 Å². The Labute approximate surface area is 139 Å². The molecule has 3 nitrogen and oxygen atoms in total. The maximum atomic E-state index is 5.82. The van der Waals surface area contributed by atoms with Gasteiger partial charge in [0, 0.05) is 0 Å². The fourth-order valence-electron chi connectivity index (χ4n) is 2.42. The molecule has 2 aromatic rings. The Hall–Kier alpha value is -2.16. The van der Waals surface area contributed by atoms with Gasteiger partial charge in [0.05, 0.1) is 20.3 Å². The second-order valence-corrected chi connectivity index (χ2v) is 5.83. The molecule has 0 aliphatic rings. The summed E-state index contributed by atoms with van der Waals surface area (Å²) in [5, 5.41) is 0. The van der Waals surface area contributed by atoms with E-state index in [1.54, 1.807) is 7.11 Å². The van der Waals surface area contributed by atoms with Gasteiger partial charge in [-0.25, -0.2) is 0 Å². The standard InChI is InChI=1S/C20H26O3/c1-15-7-9-18(17(3)13-15)22-11-5-6-12-23-19-10-8-16(2)14-20(19)21-4/h7-10,13-14H,5-6,11-12H2,1-4H3. The van der Waals surface area contributed by atoms with Gasteiger partial charge >= 0.3 is 0 Å². The van der Waals surface area contributed by atoms with Crippen LogP contribution in [0.4, 0.5) is 0 Å². The molecule has 0 aliphatic heterocycles. The lowest BCUT2D eigenvalue weighted by Gasteiger charge is -2.12. The van der Waals surface area contributed by atoms with Gasteiger partial charge in [0.15, 0.2) is 11.5 Å². The molecule has 3 heteroatoms. The third-order valence-electron chi connectivity index (χ3n) is 3.70. The third-order valence-corrected chi connectivity index (χ3v) is 3.70. The molecule has 23 heavy (non-hydrogen) atoms. The lowest BCUT2D eigenvalue weighted by molar-refractivity contribution is 0.257. The smallest absolute Gasteiger partial charge is 0.161 e. The van der Waals surface area contributed by atoms with Crippen molar-refractivity contribution in [3.05, 3.63) is 53.1 Å². The van der Waals surface area contributed by atoms with Gasteiger partial charge in [0.2, 0.25) is 0 Å². The first kappa shape index (κ1) is 17.2. The van der Waals surface area contributed by atoms with E-state index < -0.39 is 0 Å². The number of aryl methyl sites for hydroxylation is 3. The van der Waals surface area contributed by atoms with E-state index >= 15 is 0 Å². The van der Waals surface area contributed by atoms with Crippen LogP contribution in [0, 0.1) is 20.8 Å². The zero-order valence-corrected chi connectivity index (χ0v) is 14.5. The van der Waals surface area contributed by atoms with Gasteiger partial charge in [0.1, 0.15) is 5.75 Å². The van der Waals surface area contributed by atoms with Crippen LogP contribution in [0.25, 0.3) is 0 Å². The molecule has 2 aromatic carbocycles. The molecule has 0 spiro atoms. The van der Waals surface area contributed by atoms with Crippen LogP contribution < -0.4 is 14.2 Å². The Morgan fingerprint density at radius 3 is 1.87 bits per heavy atom. The van der Waals surface area contributed by atoms with Crippen molar-refractivity contribution in [1.82, 2.24) is 0 Å². The summed E-state index contributed by atoms with van der Waals surface area (Å²) in [5.74, 6) is 2.56. The number of unbranched alkanes of at least 4 members (excludes halogenated alkanes) is 1. The first-order valence-electron chi connectivity index (χ1n) is 8.07. The van der Waals surface area contributed by atoms with Gasteiger partial charge in [-0.2, -0.15) is 0 Å². The molecule has 0 bridgehead atoms. The van der Waals surface area contributed by atoms with Crippen molar-refractivity contribution in [1.29, 1.82) is 0 Å². The summed E-state index contributed by atoms with van der Waals surface area (Å²) >= 11 is 0. The summed E-state index contributed by atoms with van der Waals surface area (Å²) in [6, 6.07) is 12.2. The number of benzene rings is 2. The van der Waals surface area contributed by atoms with E-state index in [-0.39, 0.29) is 0 Å². The number of hydrogen-bond acceptors (Lipinski definition) is 3. The predicted octanol–water partition coefficient (Wildman–Crippen LogP) is 4.86. The molecule has 0 aromatic heterocycles. The van der Waals surface area contributed by atoms with Crippen LogP contribution in [0.2, 0.25) is 0 Å². The van der Waals surface area contributed by atoms with E-state index in [4.69, 9.17) is 14.2 Å². The molecular formula is C20H26O3. The summed E-state index contributed by atoms with van der Waals surface area (Å²) in [7, 11) is 1.67. The molecule has 2 rings (SSSR count). The fourth-order valence-corrected chi connectivity index (χ4v) is 2.42. The summed E-state index contributed by atoms with van der Waals surface area (Å²) in [4.78, 5) is 0. The van der Waals surface area contributed by atoms with Crippen LogP contribution in [0.15, 0.2) is 36.4 Å². The summed E-state index contributed by atoms with van der Waals surface area (Å²) in [6.45, 7) is 7.58. The van der Waals surface area contributed by atoms with E-state index in [9.17, 15) is 0 Å². The first-order chi connectivity index (χ1) is 11.1. The van der Waals surface area contributed by atoms with Crippen LogP contribution >= 0.6 is 0 Å². The zero-order valence-electron chi connectivity index (χ0n) is 14.5. The Kier molecular flexibility index (Phi) is 6.33. The van der Waals surface area contributed by atoms with Gasteiger partial charge in [-0.1, -0.05) is 23.8 Å². The van der Waals surface area contributed by atoms with Gasteiger partial charge in [0.25, 0.3) is 0 Å². The molecule has 0 N–H and O–H groups in total. The van der Waals surface area contributed by atoms with Crippen molar-refractivity contribution in [3.63, 3.8) is 0 Å². The second-order valence-electron chi connectivity index (χ2n) is 5.83. The van der Waals surface area contributed by atoms with E-state index in [0.29, 0.717) is 13.2 Å². The molecular weight excluding hydrogens is 288 g/mol. The van der Waals surface area contributed by atoms with Crippen molar-refractivity contribution < 1.29 is 14.2 Å². The monoisotopic (exact) mass is 314 g/mol. The van der Waals surface area contributed by atoms with Crippen LogP contribution in [-0.2, 0) is 0 Å². The van der Waals surface area contributed by atoms with E-state index in [2.05, 4.69) is 26.0 Å². The molecule has 0 aliphatic carbocycles. The van der Waals surface area contributed by atoms with E-state index in [1.165, 1.54) is 11.1 Å². The van der Waals surface area contributed by atoms with Crippen LogP contribution in [0.3, 0.4) is 0 Å². The van der Waals surface area contributed by atoms with Crippen molar-refractivity contribution in [2.75, 3.05) is 20.3 Å². The summed E-state index contributed by atoms with van der Waals surface area (Å²) in [5.41, 5.74) is 3.61. The number of ether oxygens (including phenoxy) is 3. The fraction of sp³-hybridized carbons (Fsp3) is 0.400. The van der Waals surface area contributed by atoms with Crippen LogP contribution in [-0.4, -0.2) is 20.3 Å². The molecule has 124 valence electrons. The molecule has 0 unspecified atom stereocenters. The highest BCUT2D eigenvalue weighted by atomic mass is 16.5. The maximum absolute atomic E-state index is 5.82. The quantitative estimate of drug-likeness (QED) is 0.651. The van der Waals surface area contributed by atoms with Crippen LogP contribution in [0.5, 0.6) is 17.2 Å². The van der Waals surface area contributed by atoms with Gasteiger partial charge in [-0.15, -0.1) is 0 Å². The molecule has 0 fully saturated rings. The number of methoxy groups -OCH3 is 1. The highest BCUT2D eigenvalue weighted by Crippen LogP contribution is 2.27. The first-order valence-corrected chi connectivity index (χ1v) is 8.07. The van der Waals surface area contributed by atoms with E-state index in [1.807, 2.05) is 31.2 Å². The minimum atomic E-state index is 0.662. The SMILES string of the molecule is COc1cc(C)ccc1OCCCCOc1ccc(C)cc1C. The Bertz CT molecular complexity index is 635. The molecule has 0 radical (unpaired) electrons. The maximum Gasteiger partial charge on any atom is 0.161 e. The van der Waals surface area contributed by atoms with Crippen molar-refractivity contribution in [2.24, 2.45) is 0 Å². The Morgan fingerprint density at radius 1 is 0.696 bits per heavy atom. The molecule has 0 saturated heterocycles.